The summed E-state index contributed by atoms with van der Waals surface area (Å²) in [7, 11) is 0.569. The SMILES string of the molecule is CCOC(OCC)(OCC)C(O[SiH3])c1ccccc1. The first-order valence-electron chi connectivity index (χ1n) is 6.73. The molecule has 1 aromatic rings. The van der Waals surface area contributed by atoms with E-state index in [2.05, 4.69) is 0 Å². The molecule has 1 aromatic carbocycles. The van der Waals surface area contributed by atoms with Crippen LogP contribution in [0.4, 0.5) is 0 Å². The quantitative estimate of drug-likeness (QED) is 0.512. The molecule has 0 aliphatic rings. The predicted molar refractivity (Wildman–Crippen MR) is 77.8 cm³/mol. The summed E-state index contributed by atoms with van der Waals surface area (Å²) in [5.41, 5.74) is 0.993. The van der Waals surface area contributed by atoms with Crippen LogP contribution in [0.25, 0.3) is 0 Å². The molecule has 0 heterocycles. The molecule has 0 aliphatic heterocycles. The highest BCUT2D eigenvalue weighted by Crippen LogP contribution is 2.34. The summed E-state index contributed by atoms with van der Waals surface area (Å²) >= 11 is 0. The zero-order valence-corrected chi connectivity index (χ0v) is 14.2. The van der Waals surface area contributed by atoms with Crippen LogP contribution in [0, 0.1) is 0 Å². The second-order valence-corrected chi connectivity index (χ2v) is 4.40. The van der Waals surface area contributed by atoms with Crippen LogP contribution in [0.2, 0.25) is 0 Å². The van der Waals surface area contributed by atoms with E-state index in [1.54, 1.807) is 0 Å². The molecule has 1 atom stereocenters. The smallest absolute Gasteiger partial charge is 0.314 e. The first kappa shape index (κ1) is 16.3. The lowest BCUT2D eigenvalue weighted by Gasteiger charge is -2.38. The van der Waals surface area contributed by atoms with E-state index in [4.69, 9.17) is 18.6 Å². The van der Waals surface area contributed by atoms with Crippen molar-refractivity contribution in [3.8, 4) is 0 Å². The molecule has 0 N–H and O–H groups in total. The molecule has 0 aliphatic carbocycles. The molecule has 0 aromatic heterocycles. The molecule has 0 saturated heterocycles. The first-order chi connectivity index (χ1) is 9.24. The van der Waals surface area contributed by atoms with Gasteiger partial charge in [-0.05, 0) is 26.3 Å². The van der Waals surface area contributed by atoms with Crippen molar-refractivity contribution >= 4 is 10.5 Å². The van der Waals surface area contributed by atoms with Gasteiger partial charge in [-0.1, -0.05) is 30.3 Å². The van der Waals surface area contributed by atoms with Gasteiger partial charge in [0.15, 0.2) is 6.10 Å². The molecule has 5 heteroatoms. The zero-order chi connectivity index (χ0) is 14.1. The molecular formula is C14H24O4Si. The van der Waals surface area contributed by atoms with Gasteiger partial charge in [-0.2, -0.15) is 0 Å². The van der Waals surface area contributed by atoms with Gasteiger partial charge in [0, 0.05) is 19.8 Å². The van der Waals surface area contributed by atoms with Crippen molar-refractivity contribution in [1.82, 2.24) is 0 Å². The zero-order valence-electron chi connectivity index (χ0n) is 12.2. The maximum atomic E-state index is 5.77. The normalized spacial score (nSPS) is 13.6. The van der Waals surface area contributed by atoms with Crippen LogP contribution in [-0.4, -0.2) is 36.3 Å². The number of rotatable bonds is 9. The number of hydrogen-bond acceptors (Lipinski definition) is 4. The van der Waals surface area contributed by atoms with Crippen molar-refractivity contribution < 1.29 is 18.6 Å². The Bertz CT molecular complexity index is 328. The maximum absolute atomic E-state index is 5.77. The van der Waals surface area contributed by atoms with Gasteiger partial charge in [0.25, 0.3) is 0 Å². The second-order valence-electron chi connectivity index (χ2n) is 3.93. The Morgan fingerprint density at radius 3 is 1.79 bits per heavy atom. The average molecular weight is 284 g/mol. The highest BCUT2D eigenvalue weighted by atomic mass is 28.2. The van der Waals surface area contributed by atoms with E-state index in [1.807, 2.05) is 51.1 Å². The van der Waals surface area contributed by atoms with Crippen LogP contribution in [0.15, 0.2) is 30.3 Å². The lowest BCUT2D eigenvalue weighted by atomic mass is 10.1. The highest BCUT2D eigenvalue weighted by Gasteiger charge is 2.43. The maximum Gasteiger partial charge on any atom is 0.314 e. The predicted octanol–water partition coefficient (Wildman–Crippen LogP) is 1.79. The third-order valence-corrected chi connectivity index (χ3v) is 3.17. The lowest BCUT2D eigenvalue weighted by molar-refractivity contribution is -0.409. The molecule has 0 amide bonds. The summed E-state index contributed by atoms with van der Waals surface area (Å²) < 4.78 is 23.0. The molecule has 4 nitrogen and oxygen atoms in total. The molecular weight excluding hydrogens is 260 g/mol. The number of hydrogen-bond donors (Lipinski definition) is 0. The summed E-state index contributed by atoms with van der Waals surface area (Å²) in [5, 5.41) is 0. The van der Waals surface area contributed by atoms with Crippen LogP contribution >= 0.6 is 0 Å². The van der Waals surface area contributed by atoms with Crippen molar-refractivity contribution in [3.63, 3.8) is 0 Å². The van der Waals surface area contributed by atoms with Gasteiger partial charge in [-0.3, -0.25) is 0 Å². The first-order valence-corrected chi connectivity index (χ1v) is 7.55. The fourth-order valence-corrected chi connectivity index (χ4v) is 2.63. The monoisotopic (exact) mass is 284 g/mol. The van der Waals surface area contributed by atoms with Gasteiger partial charge < -0.3 is 18.6 Å². The van der Waals surface area contributed by atoms with E-state index in [-0.39, 0.29) is 6.10 Å². The third-order valence-electron chi connectivity index (χ3n) is 2.70. The minimum atomic E-state index is -1.17. The molecule has 19 heavy (non-hydrogen) atoms. The van der Waals surface area contributed by atoms with Gasteiger partial charge in [0.1, 0.15) is 10.5 Å². The molecule has 0 saturated carbocycles. The van der Waals surface area contributed by atoms with Gasteiger partial charge in [0.2, 0.25) is 0 Å². The Balaban J connectivity index is 3.10. The summed E-state index contributed by atoms with van der Waals surface area (Å²) in [6.45, 7) is 7.24. The minimum absolute atomic E-state index is 0.375. The van der Waals surface area contributed by atoms with Crippen molar-refractivity contribution in [3.05, 3.63) is 35.9 Å². The van der Waals surface area contributed by atoms with Gasteiger partial charge in [-0.15, -0.1) is 0 Å². The van der Waals surface area contributed by atoms with Gasteiger partial charge >= 0.3 is 5.97 Å². The van der Waals surface area contributed by atoms with Gasteiger partial charge in [-0.25, -0.2) is 0 Å². The van der Waals surface area contributed by atoms with Crippen LogP contribution in [0.5, 0.6) is 0 Å². The number of benzene rings is 1. The standard InChI is InChI=1S/C14H24O4Si/c1-4-15-14(16-5-2,17-6-3)13(18-19)12-10-8-7-9-11-12/h7-11,13H,4-6H2,1-3,19H3. The van der Waals surface area contributed by atoms with Crippen molar-refractivity contribution in [1.29, 1.82) is 0 Å². The van der Waals surface area contributed by atoms with E-state index >= 15 is 0 Å². The summed E-state index contributed by atoms with van der Waals surface area (Å²) in [6, 6.07) is 9.90. The van der Waals surface area contributed by atoms with Crippen LogP contribution in [0.1, 0.15) is 32.4 Å². The molecule has 0 bridgehead atoms. The van der Waals surface area contributed by atoms with Gasteiger partial charge in [0.05, 0.1) is 0 Å². The van der Waals surface area contributed by atoms with Crippen molar-refractivity contribution in [2.24, 2.45) is 0 Å². The van der Waals surface area contributed by atoms with E-state index in [1.165, 1.54) is 0 Å². The van der Waals surface area contributed by atoms with Crippen molar-refractivity contribution in [2.75, 3.05) is 19.8 Å². The van der Waals surface area contributed by atoms with Crippen LogP contribution in [0.3, 0.4) is 0 Å². The van der Waals surface area contributed by atoms with E-state index in [9.17, 15) is 0 Å². The lowest BCUT2D eigenvalue weighted by Crippen LogP contribution is -2.46. The molecule has 0 spiro atoms. The van der Waals surface area contributed by atoms with E-state index < -0.39 is 5.97 Å². The number of ether oxygens (including phenoxy) is 3. The summed E-state index contributed by atoms with van der Waals surface area (Å²) in [6.07, 6.45) is -0.375. The van der Waals surface area contributed by atoms with Crippen molar-refractivity contribution in [2.45, 2.75) is 32.8 Å². The summed E-state index contributed by atoms with van der Waals surface area (Å²) in [5.74, 6) is -1.17. The molecule has 0 radical (unpaired) electrons. The molecule has 0 fully saturated rings. The van der Waals surface area contributed by atoms with E-state index in [0.717, 1.165) is 5.56 Å². The highest BCUT2D eigenvalue weighted by molar-refractivity contribution is 5.98. The second kappa shape index (κ2) is 8.45. The van der Waals surface area contributed by atoms with E-state index in [0.29, 0.717) is 30.3 Å². The Labute approximate surface area is 118 Å². The van der Waals surface area contributed by atoms with Crippen LogP contribution in [-0.2, 0) is 18.6 Å². The fraction of sp³-hybridized carbons (Fsp3) is 0.571. The molecule has 1 rings (SSSR count). The van der Waals surface area contributed by atoms with Crippen LogP contribution < -0.4 is 0 Å². The minimum Gasteiger partial charge on any atom is -0.414 e. The molecule has 1 unspecified atom stereocenters. The average Bonchev–Trinajstić information content (AvgIpc) is 2.41. The molecule has 108 valence electrons. The Hall–Kier alpha value is -0.723. The fourth-order valence-electron chi connectivity index (χ4n) is 2.07. The third kappa shape index (κ3) is 4.12. The summed E-state index contributed by atoms with van der Waals surface area (Å²) in [4.78, 5) is 0. The Kier molecular flexibility index (Phi) is 7.26. The Morgan fingerprint density at radius 1 is 0.947 bits per heavy atom. The largest absolute Gasteiger partial charge is 0.414 e. The topological polar surface area (TPSA) is 36.9 Å². The Morgan fingerprint density at radius 2 is 1.42 bits per heavy atom.